The van der Waals surface area contributed by atoms with Gasteiger partial charge in [-0.1, -0.05) is 18.2 Å². The minimum absolute atomic E-state index is 0.273. The van der Waals surface area contributed by atoms with Crippen molar-refractivity contribution < 1.29 is 27.1 Å². The van der Waals surface area contributed by atoms with E-state index in [0.717, 1.165) is 23.1 Å². The molecule has 0 fully saturated rings. The second-order valence-corrected chi connectivity index (χ2v) is 7.29. The molecule has 1 amide bonds. The molecule has 0 bridgehead atoms. The van der Waals surface area contributed by atoms with E-state index < -0.39 is 39.9 Å². The Hall–Kier alpha value is -3.29. The number of carbonyl (C=O) groups excluding carboxylic acids is 2. The molecule has 8 nitrogen and oxygen atoms in total. The van der Waals surface area contributed by atoms with Gasteiger partial charge in [0.05, 0.1) is 16.5 Å². The van der Waals surface area contributed by atoms with Crippen LogP contribution in [0.4, 0.5) is 10.1 Å². The number of nitrogens with zero attached hydrogens (tertiary/aromatic N) is 2. The average molecular weight is 405 g/mol. The van der Waals surface area contributed by atoms with Crippen LogP contribution in [0.15, 0.2) is 53.4 Å². The third-order valence-electron chi connectivity index (χ3n) is 3.66. The van der Waals surface area contributed by atoms with Crippen molar-refractivity contribution in [1.82, 2.24) is 4.72 Å². The highest BCUT2D eigenvalue weighted by Gasteiger charge is 2.22. The Balaban J connectivity index is 2.16. The molecule has 0 aliphatic carbocycles. The fourth-order valence-corrected chi connectivity index (χ4v) is 2.99. The number of ether oxygens (including phenoxy) is 1. The molecule has 2 rings (SSSR count). The van der Waals surface area contributed by atoms with E-state index in [-0.39, 0.29) is 11.4 Å². The lowest BCUT2D eigenvalue weighted by molar-refractivity contribution is -0.121. The van der Waals surface area contributed by atoms with Crippen molar-refractivity contribution in [2.45, 2.75) is 4.90 Å². The second-order valence-electron chi connectivity index (χ2n) is 5.40. The van der Waals surface area contributed by atoms with Crippen molar-refractivity contribution in [3.05, 3.63) is 59.9 Å². The standard InChI is InChI=1S/C18H16FN3O5S/c1-21-28(25,26)14-7-8-16(19)15(11-14)18(24)27-12-17(23)22(10-9-20)13-5-3-2-4-6-13/h2-8,11,21H,10,12H2,1H3. The van der Waals surface area contributed by atoms with Gasteiger partial charge in [-0.25, -0.2) is 22.3 Å². The molecule has 0 radical (unpaired) electrons. The largest absolute Gasteiger partial charge is 0.452 e. The van der Waals surface area contributed by atoms with E-state index in [1.807, 2.05) is 10.8 Å². The third kappa shape index (κ3) is 4.91. The molecular weight excluding hydrogens is 389 g/mol. The quantitative estimate of drug-likeness (QED) is 0.550. The van der Waals surface area contributed by atoms with E-state index in [0.29, 0.717) is 5.69 Å². The van der Waals surface area contributed by atoms with Gasteiger partial charge in [-0.05, 0) is 37.4 Å². The summed E-state index contributed by atoms with van der Waals surface area (Å²) in [5.74, 6) is -2.89. The number of carbonyl (C=O) groups is 2. The number of amides is 1. The van der Waals surface area contributed by atoms with Crippen LogP contribution in [0.25, 0.3) is 0 Å². The van der Waals surface area contributed by atoms with E-state index in [4.69, 9.17) is 10.00 Å². The number of nitrogens with one attached hydrogen (secondary N) is 1. The van der Waals surface area contributed by atoms with Crippen molar-refractivity contribution in [3.8, 4) is 6.07 Å². The lowest BCUT2D eigenvalue weighted by Gasteiger charge is -2.19. The average Bonchev–Trinajstić information content (AvgIpc) is 2.70. The monoisotopic (exact) mass is 405 g/mol. The number of anilines is 1. The van der Waals surface area contributed by atoms with E-state index in [9.17, 15) is 22.4 Å². The molecule has 0 saturated heterocycles. The molecule has 146 valence electrons. The van der Waals surface area contributed by atoms with Crippen molar-refractivity contribution in [2.75, 3.05) is 25.1 Å². The van der Waals surface area contributed by atoms with Crippen LogP contribution in [0, 0.1) is 17.1 Å². The maximum absolute atomic E-state index is 13.9. The van der Waals surface area contributed by atoms with Crippen molar-refractivity contribution in [3.63, 3.8) is 0 Å². The first-order valence-electron chi connectivity index (χ1n) is 7.92. The van der Waals surface area contributed by atoms with Crippen LogP contribution in [-0.4, -0.2) is 40.5 Å². The molecule has 0 aliphatic rings. The van der Waals surface area contributed by atoms with Gasteiger partial charge in [0.1, 0.15) is 12.4 Å². The van der Waals surface area contributed by atoms with Crippen LogP contribution in [0.1, 0.15) is 10.4 Å². The van der Waals surface area contributed by atoms with Gasteiger partial charge in [-0.15, -0.1) is 0 Å². The number of para-hydroxylation sites is 1. The number of benzene rings is 2. The Morgan fingerprint density at radius 3 is 2.50 bits per heavy atom. The zero-order valence-electron chi connectivity index (χ0n) is 14.8. The molecule has 0 unspecified atom stereocenters. The Bertz CT molecular complexity index is 1020. The van der Waals surface area contributed by atoms with E-state index in [1.165, 1.54) is 7.05 Å². The van der Waals surface area contributed by atoms with Crippen LogP contribution in [0.3, 0.4) is 0 Å². The zero-order valence-corrected chi connectivity index (χ0v) is 15.6. The maximum atomic E-state index is 13.9. The summed E-state index contributed by atoms with van der Waals surface area (Å²) in [4.78, 5) is 25.2. The molecule has 0 saturated carbocycles. The number of nitriles is 1. The van der Waals surface area contributed by atoms with Gasteiger partial charge in [0.15, 0.2) is 6.61 Å². The smallest absolute Gasteiger partial charge is 0.341 e. The second kappa shape index (κ2) is 9.07. The van der Waals surface area contributed by atoms with Gasteiger partial charge in [0.2, 0.25) is 10.0 Å². The highest BCUT2D eigenvalue weighted by atomic mass is 32.2. The van der Waals surface area contributed by atoms with Gasteiger partial charge in [-0.3, -0.25) is 9.69 Å². The zero-order chi connectivity index (χ0) is 20.7. The van der Waals surface area contributed by atoms with E-state index in [1.54, 1.807) is 30.3 Å². The SMILES string of the molecule is CNS(=O)(=O)c1ccc(F)c(C(=O)OCC(=O)N(CC#N)c2ccccc2)c1. The maximum Gasteiger partial charge on any atom is 0.341 e. The van der Waals surface area contributed by atoms with Crippen molar-refractivity contribution >= 4 is 27.6 Å². The first kappa shape index (κ1) is 21.0. The number of halogens is 1. The number of sulfonamides is 1. The number of hydrogen-bond acceptors (Lipinski definition) is 6. The topological polar surface area (TPSA) is 117 Å². The number of hydrogen-bond donors (Lipinski definition) is 1. The Morgan fingerprint density at radius 2 is 1.89 bits per heavy atom. The number of esters is 1. The summed E-state index contributed by atoms with van der Waals surface area (Å²) in [6.45, 7) is -1.03. The van der Waals surface area contributed by atoms with E-state index >= 15 is 0 Å². The molecular formula is C18H16FN3O5S. The molecule has 10 heteroatoms. The van der Waals surface area contributed by atoms with Crippen LogP contribution < -0.4 is 9.62 Å². The molecule has 0 aromatic heterocycles. The van der Waals surface area contributed by atoms with Gasteiger partial charge >= 0.3 is 5.97 Å². The molecule has 2 aromatic rings. The highest BCUT2D eigenvalue weighted by molar-refractivity contribution is 7.89. The summed E-state index contributed by atoms with van der Waals surface area (Å²) in [7, 11) is -2.73. The van der Waals surface area contributed by atoms with Crippen molar-refractivity contribution in [1.29, 1.82) is 5.26 Å². The summed E-state index contributed by atoms with van der Waals surface area (Å²) < 4.78 is 44.4. The first-order valence-corrected chi connectivity index (χ1v) is 9.41. The first-order chi connectivity index (χ1) is 13.3. The minimum atomic E-state index is -3.89. The summed E-state index contributed by atoms with van der Waals surface area (Å²) in [5, 5.41) is 8.90. The van der Waals surface area contributed by atoms with Crippen molar-refractivity contribution in [2.24, 2.45) is 0 Å². The summed E-state index contributed by atoms with van der Waals surface area (Å²) in [6.07, 6.45) is 0. The van der Waals surface area contributed by atoms with Crippen LogP contribution in [0.5, 0.6) is 0 Å². The van der Waals surface area contributed by atoms with Crippen LogP contribution in [0.2, 0.25) is 0 Å². The van der Waals surface area contributed by atoms with E-state index in [2.05, 4.69) is 0 Å². The molecule has 1 N–H and O–H groups in total. The summed E-state index contributed by atoms with van der Waals surface area (Å²) in [5.41, 5.74) is -0.200. The Kier molecular flexibility index (Phi) is 6.81. The Labute approximate surface area is 161 Å². The van der Waals surface area contributed by atoms with Gasteiger partial charge < -0.3 is 4.74 Å². The lowest BCUT2D eigenvalue weighted by Crippen LogP contribution is -2.35. The van der Waals surface area contributed by atoms with Gasteiger partial charge in [-0.2, -0.15) is 5.26 Å². The van der Waals surface area contributed by atoms with Gasteiger partial charge in [0.25, 0.3) is 5.91 Å². The molecule has 0 heterocycles. The van der Waals surface area contributed by atoms with Gasteiger partial charge in [0, 0.05) is 5.69 Å². The molecule has 0 spiro atoms. The fraction of sp³-hybridized carbons (Fsp3) is 0.167. The molecule has 28 heavy (non-hydrogen) atoms. The summed E-state index contributed by atoms with van der Waals surface area (Å²) in [6, 6.07) is 12.7. The predicted octanol–water partition coefficient (Wildman–Crippen LogP) is 1.45. The Morgan fingerprint density at radius 1 is 1.21 bits per heavy atom. The normalized spacial score (nSPS) is 10.8. The molecule has 0 aliphatic heterocycles. The molecule has 0 atom stereocenters. The van der Waals surface area contributed by atoms with Crippen LogP contribution >= 0.6 is 0 Å². The highest BCUT2D eigenvalue weighted by Crippen LogP contribution is 2.17. The summed E-state index contributed by atoms with van der Waals surface area (Å²) >= 11 is 0. The number of rotatable bonds is 7. The van der Waals surface area contributed by atoms with Crippen LogP contribution in [-0.2, 0) is 19.6 Å². The third-order valence-corrected chi connectivity index (χ3v) is 5.07. The minimum Gasteiger partial charge on any atom is -0.452 e. The molecule has 2 aromatic carbocycles. The fourth-order valence-electron chi connectivity index (χ4n) is 2.23. The lowest BCUT2D eigenvalue weighted by atomic mass is 10.2. The predicted molar refractivity (Wildman–Crippen MR) is 97.3 cm³/mol.